The largest absolute Gasteiger partial charge is 0.376 e. The van der Waals surface area contributed by atoms with Crippen molar-refractivity contribution >= 4 is 29.1 Å². The smallest absolute Gasteiger partial charge is 0.251 e. The van der Waals surface area contributed by atoms with Gasteiger partial charge in [0.1, 0.15) is 0 Å². The summed E-state index contributed by atoms with van der Waals surface area (Å²) in [5.74, 6) is -1.06. The van der Waals surface area contributed by atoms with Gasteiger partial charge in [-0.1, -0.05) is 42.5 Å². The summed E-state index contributed by atoms with van der Waals surface area (Å²) in [6, 6.07) is 22.9. The van der Waals surface area contributed by atoms with Crippen LogP contribution in [-0.2, 0) is 4.79 Å². The number of amides is 3. The summed E-state index contributed by atoms with van der Waals surface area (Å²) in [7, 11) is 0. The van der Waals surface area contributed by atoms with Crippen molar-refractivity contribution in [1.82, 2.24) is 5.32 Å². The summed E-state index contributed by atoms with van der Waals surface area (Å²) in [5, 5.41) is 8.67. The lowest BCUT2D eigenvalue weighted by molar-refractivity contribution is -0.114. The highest BCUT2D eigenvalue weighted by atomic mass is 16.2. The predicted octanol–water partition coefficient (Wildman–Crippen LogP) is 3.33. The Bertz CT molecular complexity index is 1080. The summed E-state index contributed by atoms with van der Waals surface area (Å²) in [4.78, 5) is 36.1. The van der Waals surface area contributed by atoms with E-state index in [0.29, 0.717) is 22.5 Å². The standard InChI is InChI=1S/C24H24N4O3/c1-16(17-7-3-2-4-8-17)27-24(31)19-10-6-11-20(14-19)26-15-22(29)28-21-12-5-9-18(13-21)23(25)30/h2-14,16,26H,15H2,1H3,(H2,25,30)(H,27,31)(H,28,29). The van der Waals surface area contributed by atoms with Gasteiger partial charge in [-0.05, 0) is 48.9 Å². The maximum absolute atomic E-state index is 12.6. The Hall–Kier alpha value is -4.13. The van der Waals surface area contributed by atoms with Crippen LogP contribution in [0.5, 0.6) is 0 Å². The molecule has 0 aliphatic carbocycles. The van der Waals surface area contributed by atoms with Crippen molar-refractivity contribution < 1.29 is 14.4 Å². The molecule has 0 saturated carbocycles. The van der Waals surface area contributed by atoms with Crippen molar-refractivity contribution in [2.45, 2.75) is 13.0 Å². The number of primary amides is 1. The molecule has 0 spiro atoms. The number of hydrogen-bond acceptors (Lipinski definition) is 4. The first-order chi connectivity index (χ1) is 14.9. The van der Waals surface area contributed by atoms with Gasteiger partial charge < -0.3 is 21.7 Å². The maximum Gasteiger partial charge on any atom is 0.251 e. The van der Waals surface area contributed by atoms with Gasteiger partial charge in [-0.15, -0.1) is 0 Å². The molecule has 0 radical (unpaired) electrons. The third kappa shape index (κ3) is 6.17. The number of carbonyl (C=O) groups is 3. The number of nitrogens with one attached hydrogen (secondary N) is 3. The van der Waals surface area contributed by atoms with Crippen LogP contribution in [0.15, 0.2) is 78.9 Å². The minimum absolute atomic E-state index is 0.00765. The fraction of sp³-hybridized carbons (Fsp3) is 0.125. The van der Waals surface area contributed by atoms with Gasteiger partial charge in [0.2, 0.25) is 11.8 Å². The van der Waals surface area contributed by atoms with Crippen LogP contribution < -0.4 is 21.7 Å². The second-order valence-electron chi connectivity index (χ2n) is 7.03. The number of benzene rings is 3. The lowest BCUT2D eigenvalue weighted by Gasteiger charge is -2.15. The van der Waals surface area contributed by atoms with E-state index < -0.39 is 5.91 Å². The Balaban J connectivity index is 1.56. The lowest BCUT2D eigenvalue weighted by Crippen LogP contribution is -2.26. The molecule has 7 nitrogen and oxygen atoms in total. The average Bonchev–Trinajstić information content (AvgIpc) is 2.78. The molecular weight excluding hydrogens is 392 g/mol. The Morgan fingerprint density at radius 1 is 0.839 bits per heavy atom. The molecule has 1 atom stereocenters. The average molecular weight is 416 g/mol. The summed E-state index contributed by atoms with van der Waals surface area (Å²) in [6.07, 6.45) is 0. The zero-order chi connectivity index (χ0) is 22.2. The summed E-state index contributed by atoms with van der Waals surface area (Å²) < 4.78 is 0. The number of nitrogens with two attached hydrogens (primary N) is 1. The van der Waals surface area contributed by atoms with Crippen molar-refractivity contribution in [2.24, 2.45) is 5.73 Å². The molecule has 0 saturated heterocycles. The highest BCUT2D eigenvalue weighted by Gasteiger charge is 2.12. The Morgan fingerprint density at radius 3 is 2.19 bits per heavy atom. The van der Waals surface area contributed by atoms with E-state index in [2.05, 4.69) is 16.0 Å². The summed E-state index contributed by atoms with van der Waals surface area (Å²) in [5.41, 5.74) is 8.19. The minimum atomic E-state index is -0.564. The van der Waals surface area contributed by atoms with E-state index in [4.69, 9.17) is 5.73 Å². The van der Waals surface area contributed by atoms with E-state index in [9.17, 15) is 14.4 Å². The summed E-state index contributed by atoms with van der Waals surface area (Å²) >= 11 is 0. The van der Waals surface area contributed by atoms with Crippen LogP contribution >= 0.6 is 0 Å². The molecule has 3 aromatic carbocycles. The monoisotopic (exact) mass is 416 g/mol. The molecule has 0 aromatic heterocycles. The van der Waals surface area contributed by atoms with E-state index >= 15 is 0 Å². The molecule has 5 N–H and O–H groups in total. The first-order valence-corrected chi connectivity index (χ1v) is 9.82. The fourth-order valence-corrected chi connectivity index (χ4v) is 3.01. The molecule has 1 unspecified atom stereocenters. The fourth-order valence-electron chi connectivity index (χ4n) is 3.01. The Kier molecular flexibility index (Phi) is 7.01. The SMILES string of the molecule is CC(NC(=O)c1cccc(NCC(=O)Nc2cccc(C(N)=O)c2)c1)c1ccccc1. The van der Waals surface area contributed by atoms with Crippen LogP contribution in [0, 0.1) is 0 Å². The number of carbonyl (C=O) groups excluding carboxylic acids is 3. The molecule has 3 amide bonds. The molecule has 0 aliphatic heterocycles. The van der Waals surface area contributed by atoms with Crippen molar-refractivity contribution in [1.29, 1.82) is 0 Å². The molecule has 0 aliphatic rings. The second-order valence-corrected chi connectivity index (χ2v) is 7.03. The number of anilines is 2. The van der Waals surface area contributed by atoms with Crippen molar-refractivity contribution in [3.05, 3.63) is 95.6 Å². The van der Waals surface area contributed by atoms with Gasteiger partial charge in [-0.2, -0.15) is 0 Å². The molecule has 0 bridgehead atoms. The van der Waals surface area contributed by atoms with E-state index in [-0.39, 0.29) is 24.4 Å². The minimum Gasteiger partial charge on any atom is -0.376 e. The van der Waals surface area contributed by atoms with Crippen LogP contribution in [0.25, 0.3) is 0 Å². The van der Waals surface area contributed by atoms with Crippen LogP contribution in [-0.4, -0.2) is 24.3 Å². The molecule has 0 fully saturated rings. The summed E-state index contributed by atoms with van der Waals surface area (Å²) in [6.45, 7) is 1.92. The highest BCUT2D eigenvalue weighted by molar-refractivity contribution is 5.98. The van der Waals surface area contributed by atoms with Gasteiger partial charge in [0.25, 0.3) is 5.91 Å². The van der Waals surface area contributed by atoms with E-state index in [1.54, 1.807) is 42.5 Å². The predicted molar refractivity (Wildman–Crippen MR) is 121 cm³/mol. The van der Waals surface area contributed by atoms with Crippen molar-refractivity contribution in [3.8, 4) is 0 Å². The number of hydrogen-bond donors (Lipinski definition) is 4. The topological polar surface area (TPSA) is 113 Å². The third-order valence-corrected chi connectivity index (χ3v) is 4.66. The Labute approximate surface area is 180 Å². The maximum atomic E-state index is 12.6. The third-order valence-electron chi connectivity index (χ3n) is 4.66. The van der Waals surface area contributed by atoms with Crippen LogP contribution in [0.3, 0.4) is 0 Å². The van der Waals surface area contributed by atoms with Gasteiger partial charge in [0.05, 0.1) is 12.6 Å². The zero-order valence-corrected chi connectivity index (χ0v) is 17.1. The molecule has 3 rings (SSSR count). The van der Waals surface area contributed by atoms with Crippen LogP contribution in [0.2, 0.25) is 0 Å². The first kappa shape index (κ1) is 21.6. The van der Waals surface area contributed by atoms with Gasteiger partial charge in [0.15, 0.2) is 0 Å². The van der Waals surface area contributed by atoms with Crippen LogP contribution in [0.1, 0.15) is 39.2 Å². The first-order valence-electron chi connectivity index (χ1n) is 9.82. The quantitative estimate of drug-likeness (QED) is 0.451. The highest BCUT2D eigenvalue weighted by Crippen LogP contribution is 2.15. The van der Waals surface area contributed by atoms with Crippen molar-refractivity contribution in [3.63, 3.8) is 0 Å². The zero-order valence-electron chi connectivity index (χ0n) is 17.1. The number of rotatable bonds is 8. The van der Waals surface area contributed by atoms with E-state index in [0.717, 1.165) is 5.56 Å². The van der Waals surface area contributed by atoms with Gasteiger partial charge in [-0.25, -0.2) is 0 Å². The van der Waals surface area contributed by atoms with Gasteiger partial charge >= 0.3 is 0 Å². The van der Waals surface area contributed by atoms with E-state index in [1.165, 1.54) is 6.07 Å². The molecule has 7 heteroatoms. The normalized spacial score (nSPS) is 11.3. The molecule has 31 heavy (non-hydrogen) atoms. The second kappa shape index (κ2) is 10.1. The van der Waals surface area contributed by atoms with Crippen LogP contribution in [0.4, 0.5) is 11.4 Å². The molecular formula is C24H24N4O3. The van der Waals surface area contributed by atoms with Crippen molar-refractivity contribution in [2.75, 3.05) is 17.2 Å². The lowest BCUT2D eigenvalue weighted by atomic mass is 10.1. The van der Waals surface area contributed by atoms with E-state index in [1.807, 2.05) is 37.3 Å². The molecule has 0 heterocycles. The molecule has 158 valence electrons. The Morgan fingerprint density at radius 2 is 1.48 bits per heavy atom. The molecule has 3 aromatic rings. The van der Waals surface area contributed by atoms with Gasteiger partial charge in [-0.3, -0.25) is 14.4 Å². The van der Waals surface area contributed by atoms with Gasteiger partial charge in [0, 0.05) is 22.5 Å².